The summed E-state index contributed by atoms with van der Waals surface area (Å²) in [5.41, 5.74) is 1.21. The van der Waals surface area contributed by atoms with Crippen molar-refractivity contribution in [2.24, 2.45) is 5.92 Å². The lowest BCUT2D eigenvalue weighted by Gasteiger charge is -2.39. The van der Waals surface area contributed by atoms with Crippen LogP contribution in [-0.2, 0) is 14.3 Å². The van der Waals surface area contributed by atoms with Crippen LogP contribution < -0.4 is 4.74 Å². The Labute approximate surface area is 131 Å². The first-order chi connectivity index (χ1) is 10.4. The first-order valence-corrected chi connectivity index (χ1v) is 7.65. The van der Waals surface area contributed by atoms with E-state index in [4.69, 9.17) is 19.3 Å². The van der Waals surface area contributed by atoms with E-state index in [-0.39, 0.29) is 12.0 Å². The lowest BCUT2D eigenvalue weighted by atomic mass is 9.97. The van der Waals surface area contributed by atoms with Crippen LogP contribution in [0.25, 0.3) is 0 Å². The van der Waals surface area contributed by atoms with Crippen molar-refractivity contribution in [3.05, 3.63) is 29.8 Å². The normalized spacial score (nSPS) is 28.3. The van der Waals surface area contributed by atoms with Gasteiger partial charge in [0.05, 0.1) is 19.3 Å². The largest absolute Gasteiger partial charge is 0.494 e. The molecule has 0 amide bonds. The molecule has 0 aliphatic carbocycles. The first-order valence-electron chi connectivity index (χ1n) is 7.65. The number of benzene rings is 1. The summed E-state index contributed by atoms with van der Waals surface area (Å²) in [4.78, 5) is 11.1. The number of ether oxygens (including phenoxy) is 3. The molecule has 3 atom stereocenters. The number of aryl methyl sites for hydroxylation is 1. The minimum absolute atomic E-state index is 0.144. The summed E-state index contributed by atoms with van der Waals surface area (Å²) in [5.74, 6) is -1.54. The summed E-state index contributed by atoms with van der Waals surface area (Å²) in [6.45, 7) is 6.41. The van der Waals surface area contributed by atoms with Gasteiger partial charge >= 0.3 is 5.97 Å². The van der Waals surface area contributed by atoms with Crippen LogP contribution >= 0.6 is 0 Å². The Bertz CT molecular complexity index is 498. The maximum Gasteiger partial charge on any atom is 0.364 e. The topological polar surface area (TPSA) is 65.0 Å². The quantitative estimate of drug-likeness (QED) is 0.818. The van der Waals surface area contributed by atoms with Gasteiger partial charge in [0.2, 0.25) is 0 Å². The van der Waals surface area contributed by atoms with Gasteiger partial charge in [0.15, 0.2) is 0 Å². The summed E-state index contributed by atoms with van der Waals surface area (Å²) >= 11 is 0. The van der Waals surface area contributed by atoms with Gasteiger partial charge < -0.3 is 19.3 Å². The summed E-state index contributed by atoms with van der Waals surface area (Å²) in [6.07, 6.45) is 1.61. The fourth-order valence-corrected chi connectivity index (χ4v) is 2.49. The average molecular weight is 308 g/mol. The molecule has 1 aliphatic heterocycles. The second-order valence-electron chi connectivity index (χ2n) is 5.95. The van der Waals surface area contributed by atoms with Gasteiger partial charge in [0.1, 0.15) is 5.75 Å². The van der Waals surface area contributed by atoms with E-state index in [1.54, 1.807) is 0 Å². The Balaban J connectivity index is 1.72. The minimum atomic E-state index is -1.52. The SMILES string of the molecule is Cc1ccc(OCCCC2COC(C)(C(=O)O)OC2C)cc1. The number of hydrogen-bond donors (Lipinski definition) is 1. The second-order valence-corrected chi connectivity index (χ2v) is 5.95. The van der Waals surface area contributed by atoms with Crippen molar-refractivity contribution in [2.75, 3.05) is 13.2 Å². The molecule has 3 unspecified atom stereocenters. The molecule has 5 heteroatoms. The van der Waals surface area contributed by atoms with Crippen LogP contribution in [0.2, 0.25) is 0 Å². The molecule has 1 aromatic carbocycles. The lowest BCUT2D eigenvalue weighted by molar-refractivity contribution is -0.292. The molecule has 1 fully saturated rings. The highest BCUT2D eigenvalue weighted by atomic mass is 16.7. The molecule has 1 aromatic rings. The molecular formula is C17H24O5. The maximum absolute atomic E-state index is 11.1. The van der Waals surface area contributed by atoms with Crippen LogP contribution in [0.15, 0.2) is 24.3 Å². The fraction of sp³-hybridized carbons (Fsp3) is 0.588. The van der Waals surface area contributed by atoms with Crippen LogP contribution in [0.3, 0.4) is 0 Å². The van der Waals surface area contributed by atoms with E-state index in [2.05, 4.69) is 0 Å². The van der Waals surface area contributed by atoms with Crippen LogP contribution in [0.5, 0.6) is 5.75 Å². The van der Waals surface area contributed by atoms with Gasteiger partial charge in [0, 0.05) is 12.8 Å². The molecule has 1 heterocycles. The molecule has 22 heavy (non-hydrogen) atoms. The van der Waals surface area contributed by atoms with Gasteiger partial charge in [-0.3, -0.25) is 0 Å². The number of carboxylic acid groups (broad SMARTS) is 1. The fourth-order valence-electron chi connectivity index (χ4n) is 2.49. The second kappa shape index (κ2) is 7.11. The number of aliphatic carboxylic acids is 1. The van der Waals surface area contributed by atoms with Gasteiger partial charge in [-0.15, -0.1) is 0 Å². The molecule has 1 aliphatic rings. The molecule has 5 nitrogen and oxygen atoms in total. The van der Waals surface area contributed by atoms with E-state index in [9.17, 15) is 4.79 Å². The average Bonchev–Trinajstić information content (AvgIpc) is 2.47. The smallest absolute Gasteiger partial charge is 0.364 e. The zero-order valence-corrected chi connectivity index (χ0v) is 13.4. The molecule has 0 radical (unpaired) electrons. The Hall–Kier alpha value is -1.59. The molecule has 1 saturated heterocycles. The highest BCUT2D eigenvalue weighted by Crippen LogP contribution is 2.29. The molecule has 0 bridgehead atoms. The van der Waals surface area contributed by atoms with Crippen molar-refractivity contribution >= 4 is 5.97 Å². The van der Waals surface area contributed by atoms with Crippen molar-refractivity contribution in [1.29, 1.82) is 0 Å². The van der Waals surface area contributed by atoms with Crippen molar-refractivity contribution in [2.45, 2.75) is 45.5 Å². The number of hydrogen-bond acceptors (Lipinski definition) is 4. The maximum atomic E-state index is 11.1. The Kier molecular flexibility index (Phi) is 5.42. The predicted octanol–water partition coefficient (Wildman–Crippen LogP) is 3.01. The Morgan fingerprint density at radius 3 is 2.68 bits per heavy atom. The van der Waals surface area contributed by atoms with E-state index >= 15 is 0 Å². The van der Waals surface area contributed by atoms with Gasteiger partial charge in [-0.1, -0.05) is 17.7 Å². The summed E-state index contributed by atoms with van der Waals surface area (Å²) in [6, 6.07) is 7.96. The number of rotatable bonds is 6. The van der Waals surface area contributed by atoms with Crippen molar-refractivity contribution in [3.8, 4) is 5.75 Å². The molecule has 2 rings (SSSR count). The lowest BCUT2D eigenvalue weighted by Crippen LogP contribution is -2.51. The van der Waals surface area contributed by atoms with E-state index < -0.39 is 11.8 Å². The molecule has 1 N–H and O–H groups in total. The molecule has 0 aromatic heterocycles. The van der Waals surface area contributed by atoms with Crippen LogP contribution in [-0.4, -0.2) is 36.2 Å². The van der Waals surface area contributed by atoms with Gasteiger partial charge in [-0.05, 0) is 38.8 Å². The van der Waals surface area contributed by atoms with Gasteiger partial charge in [0.25, 0.3) is 5.79 Å². The van der Waals surface area contributed by atoms with Crippen LogP contribution in [0.1, 0.15) is 32.3 Å². The highest BCUT2D eigenvalue weighted by Gasteiger charge is 2.43. The minimum Gasteiger partial charge on any atom is -0.494 e. The standard InChI is InChI=1S/C17H24O5/c1-12-6-8-15(9-7-12)20-10-4-5-14-11-21-17(3,16(18)19)22-13(14)2/h6-9,13-14H,4-5,10-11H2,1-3H3,(H,18,19). The first kappa shape index (κ1) is 16.8. The highest BCUT2D eigenvalue weighted by molar-refractivity contribution is 5.75. The monoisotopic (exact) mass is 308 g/mol. The Morgan fingerprint density at radius 2 is 2.09 bits per heavy atom. The van der Waals surface area contributed by atoms with Gasteiger partial charge in [-0.25, -0.2) is 4.79 Å². The van der Waals surface area contributed by atoms with E-state index in [1.165, 1.54) is 12.5 Å². The predicted molar refractivity (Wildman–Crippen MR) is 81.9 cm³/mol. The third kappa shape index (κ3) is 4.21. The van der Waals surface area contributed by atoms with E-state index in [0.717, 1.165) is 18.6 Å². The zero-order valence-electron chi connectivity index (χ0n) is 13.4. The third-order valence-corrected chi connectivity index (χ3v) is 4.04. The van der Waals surface area contributed by atoms with Crippen molar-refractivity contribution < 1.29 is 24.1 Å². The molecular weight excluding hydrogens is 284 g/mol. The molecule has 122 valence electrons. The number of carboxylic acids is 1. The van der Waals surface area contributed by atoms with E-state index in [1.807, 2.05) is 38.1 Å². The van der Waals surface area contributed by atoms with Crippen LogP contribution in [0, 0.1) is 12.8 Å². The molecule has 0 saturated carbocycles. The number of carbonyl (C=O) groups is 1. The third-order valence-electron chi connectivity index (χ3n) is 4.04. The summed E-state index contributed by atoms with van der Waals surface area (Å²) in [7, 11) is 0. The zero-order chi connectivity index (χ0) is 16.2. The van der Waals surface area contributed by atoms with Gasteiger partial charge in [-0.2, -0.15) is 0 Å². The molecule has 0 spiro atoms. The summed E-state index contributed by atoms with van der Waals surface area (Å²) < 4.78 is 16.6. The van der Waals surface area contributed by atoms with Crippen molar-refractivity contribution in [3.63, 3.8) is 0 Å². The van der Waals surface area contributed by atoms with Crippen LogP contribution in [0.4, 0.5) is 0 Å². The summed E-state index contributed by atoms with van der Waals surface area (Å²) in [5, 5.41) is 9.09. The van der Waals surface area contributed by atoms with Crippen molar-refractivity contribution in [1.82, 2.24) is 0 Å². The Morgan fingerprint density at radius 1 is 1.41 bits per heavy atom. The van der Waals surface area contributed by atoms with E-state index in [0.29, 0.717) is 13.2 Å².